The molecule has 31 heavy (non-hydrogen) atoms. The SMILES string of the molecule is COc1ccc(C(=O)CC[C@@]2(Cc3ccccc3)C(=O)ON=C2c2ccccc2)cc1. The van der Waals surface area contributed by atoms with E-state index in [4.69, 9.17) is 9.57 Å². The van der Waals surface area contributed by atoms with E-state index in [0.29, 0.717) is 29.9 Å². The highest BCUT2D eigenvalue weighted by molar-refractivity contribution is 6.18. The maximum Gasteiger partial charge on any atom is 0.347 e. The third-order valence-electron chi connectivity index (χ3n) is 5.65. The Labute approximate surface area is 181 Å². The lowest BCUT2D eigenvalue weighted by atomic mass is 9.71. The molecule has 0 saturated carbocycles. The highest BCUT2D eigenvalue weighted by Gasteiger charge is 2.50. The molecule has 0 amide bonds. The molecule has 0 fully saturated rings. The van der Waals surface area contributed by atoms with Crippen LogP contribution in [0.25, 0.3) is 0 Å². The number of benzene rings is 3. The molecule has 1 atom stereocenters. The van der Waals surface area contributed by atoms with Gasteiger partial charge in [0.15, 0.2) is 5.78 Å². The summed E-state index contributed by atoms with van der Waals surface area (Å²) in [5.41, 5.74) is 1.94. The van der Waals surface area contributed by atoms with Crippen molar-refractivity contribution in [2.24, 2.45) is 10.6 Å². The van der Waals surface area contributed by atoms with Crippen molar-refractivity contribution in [3.05, 3.63) is 102 Å². The van der Waals surface area contributed by atoms with E-state index in [1.165, 1.54) is 0 Å². The van der Waals surface area contributed by atoms with Gasteiger partial charge in [-0.3, -0.25) is 4.79 Å². The van der Waals surface area contributed by atoms with Gasteiger partial charge >= 0.3 is 5.97 Å². The van der Waals surface area contributed by atoms with Crippen molar-refractivity contribution in [2.45, 2.75) is 19.3 Å². The van der Waals surface area contributed by atoms with Crippen molar-refractivity contribution in [3.63, 3.8) is 0 Å². The van der Waals surface area contributed by atoms with Crippen molar-refractivity contribution in [1.29, 1.82) is 0 Å². The van der Waals surface area contributed by atoms with Crippen LogP contribution < -0.4 is 4.74 Å². The zero-order valence-electron chi connectivity index (χ0n) is 17.3. The smallest absolute Gasteiger partial charge is 0.347 e. The first-order chi connectivity index (χ1) is 15.1. The third kappa shape index (κ3) is 4.26. The predicted molar refractivity (Wildman–Crippen MR) is 118 cm³/mol. The molecule has 1 heterocycles. The average Bonchev–Trinajstić information content (AvgIpc) is 3.14. The van der Waals surface area contributed by atoms with Gasteiger partial charge in [-0.2, -0.15) is 0 Å². The summed E-state index contributed by atoms with van der Waals surface area (Å²) in [7, 11) is 1.58. The second-order valence-corrected chi connectivity index (χ2v) is 7.58. The molecule has 0 unspecified atom stereocenters. The first kappa shape index (κ1) is 20.5. The number of Topliss-reactive ketones (excluding diaryl/α,β-unsaturated/α-hetero) is 1. The lowest BCUT2D eigenvalue weighted by Crippen LogP contribution is -2.39. The quantitative estimate of drug-likeness (QED) is 0.391. The number of hydrogen-bond acceptors (Lipinski definition) is 5. The molecule has 5 heteroatoms. The van der Waals surface area contributed by atoms with Crippen LogP contribution in [-0.2, 0) is 16.1 Å². The fourth-order valence-electron chi connectivity index (χ4n) is 3.94. The molecule has 3 aromatic rings. The molecule has 4 rings (SSSR count). The molecule has 0 aliphatic carbocycles. The summed E-state index contributed by atoms with van der Waals surface area (Å²) in [6.07, 6.45) is 0.912. The highest BCUT2D eigenvalue weighted by Crippen LogP contribution is 2.39. The molecule has 3 aromatic carbocycles. The van der Waals surface area contributed by atoms with Gasteiger partial charge in [-0.25, -0.2) is 4.79 Å². The number of ether oxygens (including phenoxy) is 1. The third-order valence-corrected chi connectivity index (χ3v) is 5.65. The minimum atomic E-state index is -1.02. The molecule has 1 aliphatic heterocycles. The second-order valence-electron chi connectivity index (χ2n) is 7.58. The van der Waals surface area contributed by atoms with E-state index in [1.54, 1.807) is 31.4 Å². The fraction of sp³-hybridized carbons (Fsp3) is 0.192. The van der Waals surface area contributed by atoms with E-state index in [9.17, 15) is 9.59 Å². The summed E-state index contributed by atoms with van der Waals surface area (Å²) in [5.74, 6) is 0.231. The standard InChI is InChI=1S/C26H23NO4/c1-30-22-14-12-20(13-15-22)23(28)16-17-26(18-19-8-4-2-5-9-19)24(27-31-25(26)29)21-10-6-3-7-11-21/h2-15H,16-18H2,1H3/t26-/m0/s1. The van der Waals surface area contributed by atoms with Gasteiger partial charge in [0.2, 0.25) is 0 Å². The number of oxime groups is 1. The van der Waals surface area contributed by atoms with E-state index < -0.39 is 11.4 Å². The molecule has 0 spiro atoms. The predicted octanol–water partition coefficient (Wildman–Crippen LogP) is 4.85. The number of methoxy groups -OCH3 is 1. The average molecular weight is 413 g/mol. The van der Waals surface area contributed by atoms with Gasteiger partial charge in [-0.05, 0) is 42.7 Å². The van der Waals surface area contributed by atoms with Crippen LogP contribution in [0.3, 0.4) is 0 Å². The Bertz CT molecular complexity index is 1090. The molecule has 0 aromatic heterocycles. The maximum atomic E-state index is 13.1. The Morgan fingerprint density at radius 3 is 2.23 bits per heavy atom. The molecule has 0 radical (unpaired) electrons. The summed E-state index contributed by atoms with van der Waals surface area (Å²) >= 11 is 0. The number of hydrogen-bond donors (Lipinski definition) is 0. The zero-order valence-corrected chi connectivity index (χ0v) is 17.3. The van der Waals surface area contributed by atoms with Crippen molar-refractivity contribution in [2.75, 3.05) is 7.11 Å². The molecule has 156 valence electrons. The van der Waals surface area contributed by atoms with Crippen LogP contribution in [-0.4, -0.2) is 24.6 Å². The minimum absolute atomic E-state index is 0.0396. The van der Waals surface area contributed by atoms with Gasteiger partial charge in [0.1, 0.15) is 16.9 Å². The number of ketones is 1. The van der Waals surface area contributed by atoms with Crippen LogP contribution in [0.4, 0.5) is 0 Å². The summed E-state index contributed by atoms with van der Waals surface area (Å²) < 4.78 is 5.16. The highest BCUT2D eigenvalue weighted by atomic mass is 16.7. The Morgan fingerprint density at radius 1 is 0.935 bits per heavy atom. The molecule has 0 N–H and O–H groups in total. The van der Waals surface area contributed by atoms with Crippen molar-refractivity contribution in [1.82, 2.24) is 0 Å². The van der Waals surface area contributed by atoms with Gasteiger partial charge in [0.25, 0.3) is 0 Å². The van der Waals surface area contributed by atoms with Crippen LogP contribution in [0, 0.1) is 5.41 Å². The number of rotatable bonds is 8. The Hall–Kier alpha value is -3.73. The van der Waals surface area contributed by atoms with Crippen molar-refractivity contribution < 1.29 is 19.2 Å². The molecular weight excluding hydrogens is 390 g/mol. The topological polar surface area (TPSA) is 65.0 Å². The van der Waals surface area contributed by atoms with Crippen molar-refractivity contribution in [3.8, 4) is 5.75 Å². The van der Waals surface area contributed by atoms with E-state index in [0.717, 1.165) is 11.1 Å². The molecule has 5 nitrogen and oxygen atoms in total. The number of carbonyl (C=O) groups is 2. The molecule has 0 bridgehead atoms. The van der Waals surface area contributed by atoms with Crippen LogP contribution in [0.15, 0.2) is 90.1 Å². The zero-order chi connectivity index (χ0) is 21.7. The largest absolute Gasteiger partial charge is 0.497 e. The van der Waals surface area contributed by atoms with Crippen LogP contribution in [0.1, 0.15) is 34.3 Å². The molecular formula is C26H23NO4. The number of carbonyl (C=O) groups excluding carboxylic acids is 2. The summed E-state index contributed by atoms with van der Waals surface area (Å²) in [6.45, 7) is 0. The minimum Gasteiger partial charge on any atom is -0.497 e. The van der Waals surface area contributed by atoms with E-state index in [2.05, 4.69) is 5.16 Å². The molecule has 0 saturated heterocycles. The van der Waals surface area contributed by atoms with Crippen molar-refractivity contribution >= 4 is 17.5 Å². The number of nitrogens with zero attached hydrogens (tertiary/aromatic N) is 1. The Balaban J connectivity index is 1.64. The summed E-state index contributed by atoms with van der Waals surface area (Å²) in [5, 5.41) is 4.15. The van der Waals surface area contributed by atoms with Crippen LogP contribution in [0.2, 0.25) is 0 Å². The lowest BCUT2D eigenvalue weighted by molar-refractivity contribution is -0.148. The van der Waals surface area contributed by atoms with Gasteiger partial charge in [0.05, 0.1) is 7.11 Å². The maximum absolute atomic E-state index is 13.1. The van der Waals surface area contributed by atoms with E-state index >= 15 is 0 Å². The van der Waals surface area contributed by atoms with Crippen LogP contribution >= 0.6 is 0 Å². The van der Waals surface area contributed by atoms with Gasteiger partial charge in [0, 0.05) is 17.5 Å². The lowest BCUT2D eigenvalue weighted by Gasteiger charge is -2.26. The van der Waals surface area contributed by atoms with E-state index in [1.807, 2.05) is 60.7 Å². The van der Waals surface area contributed by atoms with Crippen LogP contribution in [0.5, 0.6) is 5.75 Å². The van der Waals surface area contributed by atoms with Gasteiger partial charge in [-0.1, -0.05) is 65.8 Å². The molecule has 1 aliphatic rings. The van der Waals surface area contributed by atoms with Gasteiger partial charge < -0.3 is 9.57 Å². The van der Waals surface area contributed by atoms with E-state index in [-0.39, 0.29) is 12.2 Å². The normalized spacial score (nSPS) is 17.7. The first-order valence-corrected chi connectivity index (χ1v) is 10.2. The van der Waals surface area contributed by atoms with Gasteiger partial charge in [-0.15, -0.1) is 0 Å². The fourth-order valence-corrected chi connectivity index (χ4v) is 3.94. The second kappa shape index (κ2) is 8.96. The Kier molecular flexibility index (Phi) is 5.94. The monoisotopic (exact) mass is 413 g/mol. The summed E-state index contributed by atoms with van der Waals surface area (Å²) in [6, 6.07) is 26.3. The summed E-state index contributed by atoms with van der Waals surface area (Å²) in [4.78, 5) is 31.2. The first-order valence-electron chi connectivity index (χ1n) is 10.2. The Morgan fingerprint density at radius 2 is 1.58 bits per heavy atom.